The first kappa shape index (κ1) is 18.8. The van der Waals surface area contributed by atoms with E-state index in [0.29, 0.717) is 6.61 Å². The Labute approximate surface area is 124 Å². The molecule has 0 aromatic rings. The molecule has 0 amide bonds. The van der Waals surface area contributed by atoms with Crippen LogP contribution >= 0.6 is 11.6 Å². The van der Waals surface area contributed by atoms with Gasteiger partial charge in [-0.05, 0) is 20.3 Å². The zero-order valence-electron chi connectivity index (χ0n) is 13.0. The highest BCUT2D eigenvalue weighted by Crippen LogP contribution is 2.15. The third-order valence-electron chi connectivity index (χ3n) is 3.22. The fourth-order valence-electron chi connectivity index (χ4n) is 1.93. The smallest absolute Gasteiger partial charge is 0.326 e. The van der Waals surface area contributed by atoms with Crippen LogP contribution < -0.4 is 0 Å². The van der Waals surface area contributed by atoms with Crippen LogP contribution in [0.1, 0.15) is 85.0 Å². The van der Waals surface area contributed by atoms with E-state index in [1.807, 2.05) is 0 Å². The minimum absolute atomic E-state index is 0.315. The number of carbonyl (C=O) groups excluding carboxylic acids is 1. The highest BCUT2D eigenvalue weighted by molar-refractivity contribution is 6.33. The van der Waals surface area contributed by atoms with Crippen LogP contribution in [-0.2, 0) is 9.53 Å². The van der Waals surface area contributed by atoms with Gasteiger partial charge in [0, 0.05) is 0 Å². The average Bonchev–Trinajstić information content (AvgIpc) is 2.34. The van der Waals surface area contributed by atoms with E-state index in [1.54, 1.807) is 13.8 Å². The molecule has 0 aliphatic carbocycles. The third-order valence-corrected chi connectivity index (χ3v) is 3.37. The van der Waals surface area contributed by atoms with Crippen molar-refractivity contribution in [2.24, 2.45) is 0 Å². The molecule has 0 rings (SSSR count). The summed E-state index contributed by atoms with van der Waals surface area (Å²) < 4.78 is 5.11. The van der Waals surface area contributed by atoms with Gasteiger partial charge in [0.15, 0.2) is 0 Å². The summed E-state index contributed by atoms with van der Waals surface area (Å²) in [6.07, 6.45) is 12.8. The number of halogens is 1. The maximum Gasteiger partial charge on any atom is 0.326 e. The number of hydrogen-bond donors (Lipinski definition) is 0. The van der Waals surface area contributed by atoms with Gasteiger partial charge in [0.1, 0.15) is 4.87 Å². The molecule has 0 aromatic heterocycles. The second-order valence-electron chi connectivity index (χ2n) is 5.79. The van der Waals surface area contributed by atoms with Crippen molar-refractivity contribution in [3.63, 3.8) is 0 Å². The standard InChI is InChI=1S/C16H31ClO2/c1-4-5-6-7-8-9-10-11-12-13-14-19-15(18)16(2,3)17/h4-14H2,1-3H3. The lowest BCUT2D eigenvalue weighted by Gasteiger charge is -2.14. The lowest BCUT2D eigenvalue weighted by molar-refractivity contribution is -0.146. The molecular formula is C16H31ClO2. The summed E-state index contributed by atoms with van der Waals surface area (Å²) in [5, 5.41) is 0. The quantitative estimate of drug-likeness (QED) is 0.271. The Morgan fingerprint density at radius 1 is 0.895 bits per heavy atom. The zero-order chi connectivity index (χ0) is 14.6. The molecule has 2 nitrogen and oxygen atoms in total. The summed E-state index contributed by atoms with van der Waals surface area (Å²) in [5.74, 6) is -0.315. The summed E-state index contributed by atoms with van der Waals surface area (Å²) in [5.41, 5.74) is 0. The minimum Gasteiger partial charge on any atom is -0.464 e. The van der Waals surface area contributed by atoms with Crippen LogP contribution in [0.3, 0.4) is 0 Å². The minimum atomic E-state index is -0.890. The number of carbonyl (C=O) groups is 1. The first-order valence-corrected chi connectivity index (χ1v) is 8.22. The van der Waals surface area contributed by atoms with Crippen molar-refractivity contribution in [3.8, 4) is 0 Å². The second kappa shape index (κ2) is 11.6. The lowest BCUT2D eigenvalue weighted by Crippen LogP contribution is -2.27. The fraction of sp³-hybridized carbons (Fsp3) is 0.938. The van der Waals surface area contributed by atoms with E-state index >= 15 is 0 Å². The van der Waals surface area contributed by atoms with Crippen molar-refractivity contribution in [3.05, 3.63) is 0 Å². The highest BCUT2D eigenvalue weighted by Gasteiger charge is 2.25. The SMILES string of the molecule is CCCCCCCCCCCCOC(=O)C(C)(C)Cl. The number of esters is 1. The first-order valence-electron chi connectivity index (χ1n) is 7.84. The number of alkyl halides is 1. The molecule has 0 aromatic carbocycles. The molecule has 0 spiro atoms. The first-order chi connectivity index (χ1) is 8.98. The highest BCUT2D eigenvalue weighted by atomic mass is 35.5. The van der Waals surface area contributed by atoms with E-state index in [2.05, 4.69) is 6.92 Å². The number of rotatable bonds is 12. The van der Waals surface area contributed by atoms with Crippen LogP contribution in [0.5, 0.6) is 0 Å². The molecular weight excluding hydrogens is 260 g/mol. The zero-order valence-corrected chi connectivity index (χ0v) is 13.7. The lowest BCUT2D eigenvalue weighted by atomic mass is 10.1. The predicted molar refractivity (Wildman–Crippen MR) is 82.7 cm³/mol. The van der Waals surface area contributed by atoms with Gasteiger partial charge < -0.3 is 4.74 Å². The van der Waals surface area contributed by atoms with Gasteiger partial charge in [0.05, 0.1) is 6.61 Å². The van der Waals surface area contributed by atoms with Crippen molar-refractivity contribution >= 4 is 17.6 Å². The van der Waals surface area contributed by atoms with Crippen molar-refractivity contribution in [2.75, 3.05) is 6.61 Å². The van der Waals surface area contributed by atoms with Gasteiger partial charge in [0.25, 0.3) is 0 Å². The molecule has 0 unspecified atom stereocenters. The number of unbranched alkanes of at least 4 members (excludes halogenated alkanes) is 9. The summed E-state index contributed by atoms with van der Waals surface area (Å²) in [6.45, 7) is 6.08. The van der Waals surface area contributed by atoms with Crippen LogP contribution in [0, 0.1) is 0 Å². The summed E-state index contributed by atoms with van der Waals surface area (Å²) in [4.78, 5) is 10.5. The number of hydrogen-bond acceptors (Lipinski definition) is 2. The van der Waals surface area contributed by atoms with Crippen LogP contribution in [0.25, 0.3) is 0 Å². The summed E-state index contributed by atoms with van der Waals surface area (Å²) >= 11 is 5.84. The van der Waals surface area contributed by atoms with Gasteiger partial charge >= 0.3 is 5.97 Å². The molecule has 0 fully saturated rings. The van der Waals surface area contributed by atoms with Gasteiger partial charge in [-0.2, -0.15) is 0 Å². The Morgan fingerprint density at radius 3 is 1.74 bits per heavy atom. The van der Waals surface area contributed by atoms with Gasteiger partial charge in [-0.15, -0.1) is 11.6 Å². The molecule has 3 heteroatoms. The number of ether oxygens (including phenoxy) is 1. The predicted octanol–water partition coefficient (Wildman–Crippen LogP) is 5.47. The fourth-order valence-corrected chi connectivity index (χ4v) is 1.98. The Kier molecular flexibility index (Phi) is 11.4. The Morgan fingerprint density at radius 2 is 1.32 bits per heavy atom. The molecule has 0 heterocycles. The monoisotopic (exact) mass is 290 g/mol. The molecule has 0 aliphatic rings. The molecule has 0 N–H and O–H groups in total. The maximum absolute atomic E-state index is 11.4. The summed E-state index contributed by atoms with van der Waals surface area (Å²) in [7, 11) is 0. The van der Waals surface area contributed by atoms with Crippen LogP contribution in [0.4, 0.5) is 0 Å². The Hall–Kier alpha value is -0.240. The second-order valence-corrected chi connectivity index (χ2v) is 6.74. The van der Waals surface area contributed by atoms with Crippen LogP contribution in [0.2, 0.25) is 0 Å². The largest absolute Gasteiger partial charge is 0.464 e. The van der Waals surface area contributed by atoms with E-state index in [-0.39, 0.29) is 5.97 Å². The van der Waals surface area contributed by atoms with E-state index < -0.39 is 4.87 Å². The topological polar surface area (TPSA) is 26.3 Å². The normalized spacial score (nSPS) is 11.6. The Balaban J connectivity index is 3.17. The van der Waals surface area contributed by atoms with Crippen molar-refractivity contribution in [1.82, 2.24) is 0 Å². The molecule has 0 saturated heterocycles. The van der Waals surface area contributed by atoms with Gasteiger partial charge in [-0.25, -0.2) is 0 Å². The van der Waals surface area contributed by atoms with E-state index in [0.717, 1.165) is 12.8 Å². The van der Waals surface area contributed by atoms with E-state index in [4.69, 9.17) is 16.3 Å². The maximum atomic E-state index is 11.4. The summed E-state index contributed by atoms with van der Waals surface area (Å²) in [6, 6.07) is 0. The molecule has 0 bridgehead atoms. The van der Waals surface area contributed by atoms with Gasteiger partial charge in [-0.1, -0.05) is 64.7 Å². The molecule has 114 valence electrons. The van der Waals surface area contributed by atoms with Gasteiger partial charge in [-0.3, -0.25) is 4.79 Å². The molecule has 0 saturated carbocycles. The van der Waals surface area contributed by atoms with E-state index in [1.165, 1.54) is 51.4 Å². The van der Waals surface area contributed by atoms with E-state index in [9.17, 15) is 4.79 Å². The molecule has 19 heavy (non-hydrogen) atoms. The third kappa shape index (κ3) is 12.5. The molecule has 0 atom stereocenters. The van der Waals surface area contributed by atoms with Gasteiger partial charge in [0.2, 0.25) is 0 Å². The van der Waals surface area contributed by atoms with Crippen molar-refractivity contribution < 1.29 is 9.53 Å². The molecule has 0 radical (unpaired) electrons. The Bertz CT molecular complexity index is 221. The molecule has 0 aliphatic heterocycles. The van der Waals surface area contributed by atoms with Crippen molar-refractivity contribution in [2.45, 2.75) is 89.9 Å². The average molecular weight is 291 g/mol. The van der Waals surface area contributed by atoms with Crippen molar-refractivity contribution in [1.29, 1.82) is 0 Å². The van der Waals surface area contributed by atoms with Crippen LogP contribution in [0.15, 0.2) is 0 Å². The van der Waals surface area contributed by atoms with Crippen LogP contribution in [-0.4, -0.2) is 17.5 Å².